The lowest BCUT2D eigenvalue weighted by Gasteiger charge is -2.23. The number of thiazole rings is 1. The Hall–Kier alpha value is -2.64. The highest BCUT2D eigenvalue weighted by atomic mass is 32.2. The summed E-state index contributed by atoms with van der Waals surface area (Å²) in [5, 5.41) is 5.86. The van der Waals surface area contributed by atoms with Crippen LogP contribution in [0.4, 0.5) is 0 Å². The van der Waals surface area contributed by atoms with Crippen LogP contribution >= 0.6 is 23.1 Å². The Balaban J connectivity index is 1.40. The van der Waals surface area contributed by atoms with Gasteiger partial charge in [-0.3, -0.25) is 9.59 Å². The topological polar surface area (TPSA) is 62.3 Å². The molecule has 30 heavy (non-hydrogen) atoms. The van der Waals surface area contributed by atoms with Gasteiger partial charge in [0.2, 0.25) is 5.91 Å². The van der Waals surface area contributed by atoms with E-state index in [-0.39, 0.29) is 11.8 Å². The average molecular weight is 438 g/mol. The smallest absolute Gasteiger partial charge is 0.255 e. The molecule has 1 aliphatic heterocycles. The number of carbonyl (C=O) groups excluding carboxylic acids is 2. The van der Waals surface area contributed by atoms with Gasteiger partial charge < -0.3 is 10.2 Å². The number of nitrogens with one attached hydrogen (secondary N) is 1. The van der Waals surface area contributed by atoms with Crippen LogP contribution in [0.15, 0.2) is 53.9 Å². The predicted octanol–water partition coefficient (Wildman–Crippen LogP) is 4.26. The van der Waals surface area contributed by atoms with Gasteiger partial charge in [-0.2, -0.15) is 0 Å². The molecule has 0 saturated carbocycles. The van der Waals surface area contributed by atoms with Crippen LogP contribution in [0, 0.1) is 13.8 Å². The zero-order valence-corrected chi connectivity index (χ0v) is 18.6. The van der Waals surface area contributed by atoms with E-state index < -0.39 is 6.04 Å². The van der Waals surface area contributed by atoms with E-state index in [0.29, 0.717) is 23.7 Å². The lowest BCUT2D eigenvalue weighted by molar-refractivity contribution is -0.124. The van der Waals surface area contributed by atoms with Crippen LogP contribution in [-0.4, -0.2) is 39.4 Å². The van der Waals surface area contributed by atoms with Crippen molar-refractivity contribution in [1.29, 1.82) is 0 Å². The fourth-order valence-corrected chi connectivity index (χ4v) is 5.50. The third kappa shape index (κ3) is 4.57. The van der Waals surface area contributed by atoms with Gasteiger partial charge in [-0.05, 0) is 26.0 Å². The number of nitrogens with zero attached hydrogens (tertiary/aromatic N) is 2. The molecular weight excluding hydrogens is 414 g/mol. The van der Waals surface area contributed by atoms with Crippen molar-refractivity contribution in [3.63, 3.8) is 0 Å². The number of rotatable bonds is 5. The van der Waals surface area contributed by atoms with E-state index in [1.165, 1.54) is 0 Å². The van der Waals surface area contributed by atoms with E-state index in [1.54, 1.807) is 28.0 Å². The van der Waals surface area contributed by atoms with E-state index in [1.807, 2.05) is 67.8 Å². The maximum atomic E-state index is 13.0. The lowest BCUT2D eigenvalue weighted by atomic mass is 10.1. The number of aromatic nitrogens is 1. The van der Waals surface area contributed by atoms with E-state index in [4.69, 9.17) is 0 Å². The number of hydrogen-bond acceptors (Lipinski definition) is 5. The molecule has 2 heterocycles. The van der Waals surface area contributed by atoms with Crippen LogP contribution in [0.3, 0.4) is 0 Å². The van der Waals surface area contributed by atoms with Crippen molar-refractivity contribution in [3.05, 3.63) is 76.3 Å². The number of amides is 2. The van der Waals surface area contributed by atoms with Gasteiger partial charge in [0, 0.05) is 22.3 Å². The summed E-state index contributed by atoms with van der Waals surface area (Å²) >= 11 is 3.16. The molecule has 2 aromatic carbocycles. The number of hydrogen-bond donors (Lipinski definition) is 1. The van der Waals surface area contributed by atoms with Gasteiger partial charge in [-0.25, -0.2) is 4.98 Å². The molecule has 1 saturated heterocycles. The van der Waals surface area contributed by atoms with Gasteiger partial charge in [0.1, 0.15) is 11.0 Å². The van der Waals surface area contributed by atoms with Crippen molar-refractivity contribution in [2.24, 2.45) is 0 Å². The molecule has 1 atom stereocenters. The summed E-state index contributed by atoms with van der Waals surface area (Å²) < 4.78 is 0. The van der Waals surface area contributed by atoms with E-state index in [9.17, 15) is 9.59 Å². The summed E-state index contributed by atoms with van der Waals surface area (Å²) in [5.41, 5.74) is 4.62. The van der Waals surface area contributed by atoms with Gasteiger partial charge in [0.15, 0.2) is 0 Å². The molecule has 154 valence electrons. The SMILES string of the molecule is Cc1cc(C)cc(C(=O)N2CSCC2C(=O)NCc2csc(-c3ccccc3)n2)c1. The summed E-state index contributed by atoms with van der Waals surface area (Å²) in [5.74, 6) is 0.909. The Morgan fingerprint density at radius 2 is 1.87 bits per heavy atom. The van der Waals surface area contributed by atoms with Gasteiger partial charge in [-0.15, -0.1) is 23.1 Å². The average Bonchev–Trinajstić information content (AvgIpc) is 3.41. The minimum absolute atomic E-state index is 0.0908. The molecule has 1 N–H and O–H groups in total. The third-order valence-corrected chi connectivity index (χ3v) is 6.88. The van der Waals surface area contributed by atoms with Crippen molar-refractivity contribution < 1.29 is 9.59 Å². The van der Waals surface area contributed by atoms with Crippen LogP contribution in [0.2, 0.25) is 0 Å². The zero-order valence-electron chi connectivity index (χ0n) is 16.9. The van der Waals surface area contributed by atoms with E-state index in [0.717, 1.165) is 27.4 Å². The van der Waals surface area contributed by atoms with Crippen molar-refractivity contribution in [2.75, 3.05) is 11.6 Å². The number of carbonyl (C=O) groups is 2. The molecule has 0 spiro atoms. The lowest BCUT2D eigenvalue weighted by Crippen LogP contribution is -2.47. The highest BCUT2D eigenvalue weighted by Crippen LogP contribution is 2.25. The largest absolute Gasteiger partial charge is 0.349 e. The highest BCUT2D eigenvalue weighted by molar-refractivity contribution is 7.99. The maximum Gasteiger partial charge on any atom is 0.255 e. The summed E-state index contributed by atoms with van der Waals surface area (Å²) in [4.78, 5) is 32.1. The Kier molecular flexibility index (Phi) is 6.20. The molecule has 5 nitrogen and oxygen atoms in total. The first-order valence-corrected chi connectivity index (χ1v) is 11.8. The molecular formula is C23H23N3O2S2. The van der Waals surface area contributed by atoms with Crippen molar-refractivity contribution in [3.8, 4) is 10.6 Å². The minimum atomic E-state index is -0.462. The quantitative estimate of drug-likeness (QED) is 0.648. The van der Waals surface area contributed by atoms with Gasteiger partial charge >= 0.3 is 0 Å². The number of aryl methyl sites for hydroxylation is 2. The van der Waals surface area contributed by atoms with Crippen LogP contribution in [0.5, 0.6) is 0 Å². The summed E-state index contributed by atoms with van der Waals surface area (Å²) in [6, 6.07) is 15.3. The second-order valence-corrected chi connectivity index (χ2v) is 9.25. The first kappa shape index (κ1) is 20.6. The van der Waals surface area contributed by atoms with Crippen LogP contribution in [-0.2, 0) is 11.3 Å². The third-order valence-electron chi connectivity index (χ3n) is 4.93. The molecule has 1 unspecified atom stereocenters. The Labute approximate surface area is 184 Å². The standard InChI is InChI=1S/C23H23N3O2S2/c1-15-8-16(2)10-18(9-15)23(28)26-14-29-13-20(26)21(27)24-11-19-12-30-22(25-19)17-6-4-3-5-7-17/h3-10,12,20H,11,13-14H2,1-2H3,(H,24,27). The molecule has 7 heteroatoms. The highest BCUT2D eigenvalue weighted by Gasteiger charge is 2.35. The minimum Gasteiger partial charge on any atom is -0.349 e. The van der Waals surface area contributed by atoms with Gasteiger partial charge in [-0.1, -0.05) is 47.5 Å². The predicted molar refractivity (Wildman–Crippen MR) is 123 cm³/mol. The summed E-state index contributed by atoms with van der Waals surface area (Å²) in [6.07, 6.45) is 0. The second-order valence-electron chi connectivity index (χ2n) is 7.39. The first-order valence-electron chi connectivity index (χ1n) is 9.76. The van der Waals surface area contributed by atoms with Gasteiger partial charge in [0.25, 0.3) is 5.91 Å². The fraction of sp³-hybridized carbons (Fsp3) is 0.261. The molecule has 0 aliphatic carbocycles. The van der Waals surface area contributed by atoms with E-state index in [2.05, 4.69) is 10.3 Å². The molecule has 3 aromatic rings. The molecule has 0 radical (unpaired) electrons. The maximum absolute atomic E-state index is 13.0. The normalized spacial score (nSPS) is 15.9. The molecule has 0 bridgehead atoms. The molecule has 1 aliphatic rings. The van der Waals surface area contributed by atoms with Crippen molar-refractivity contribution in [1.82, 2.24) is 15.2 Å². The van der Waals surface area contributed by atoms with E-state index >= 15 is 0 Å². The van der Waals surface area contributed by atoms with Crippen LogP contribution in [0.1, 0.15) is 27.2 Å². The molecule has 2 amide bonds. The van der Waals surface area contributed by atoms with Gasteiger partial charge in [0.05, 0.1) is 18.1 Å². The molecule has 1 fully saturated rings. The van der Waals surface area contributed by atoms with Crippen molar-refractivity contribution in [2.45, 2.75) is 26.4 Å². The first-order chi connectivity index (χ1) is 14.5. The molecule has 1 aromatic heterocycles. The summed E-state index contributed by atoms with van der Waals surface area (Å²) in [7, 11) is 0. The van der Waals surface area contributed by atoms with Crippen LogP contribution in [0.25, 0.3) is 10.6 Å². The Bertz CT molecular complexity index is 1050. The number of benzene rings is 2. The zero-order chi connectivity index (χ0) is 21.1. The monoisotopic (exact) mass is 437 g/mol. The second kappa shape index (κ2) is 9.02. The van der Waals surface area contributed by atoms with Crippen LogP contribution < -0.4 is 5.32 Å². The Morgan fingerprint density at radius 3 is 2.60 bits per heavy atom. The summed E-state index contributed by atoms with van der Waals surface area (Å²) in [6.45, 7) is 4.31. The number of thioether (sulfide) groups is 1. The fourth-order valence-electron chi connectivity index (χ4n) is 3.52. The molecule has 4 rings (SSSR count). The Morgan fingerprint density at radius 1 is 1.13 bits per heavy atom. The van der Waals surface area contributed by atoms with Crippen molar-refractivity contribution >= 4 is 34.9 Å².